The van der Waals surface area contributed by atoms with Gasteiger partial charge in [-0.15, -0.1) is 11.3 Å². The lowest BCUT2D eigenvalue weighted by molar-refractivity contribution is -0.142. The summed E-state index contributed by atoms with van der Waals surface area (Å²) >= 11 is 7.86. The van der Waals surface area contributed by atoms with E-state index in [2.05, 4.69) is 20.1 Å². The Balaban J connectivity index is 1.16. The van der Waals surface area contributed by atoms with Crippen LogP contribution in [0.25, 0.3) is 32.1 Å². The van der Waals surface area contributed by atoms with Crippen LogP contribution in [0.5, 0.6) is 6.01 Å². The number of likely N-dealkylation sites (tertiary alicyclic amines) is 1. The van der Waals surface area contributed by atoms with Gasteiger partial charge in [-0.05, 0) is 49.9 Å². The molecule has 0 bridgehead atoms. The summed E-state index contributed by atoms with van der Waals surface area (Å²) in [5, 5.41) is 13.8. The summed E-state index contributed by atoms with van der Waals surface area (Å²) in [5.41, 5.74) is 5.69. The lowest BCUT2D eigenvalue weighted by Gasteiger charge is -2.51. The van der Waals surface area contributed by atoms with Crippen LogP contribution in [-0.4, -0.2) is 95.8 Å². The molecule has 2 aromatic heterocycles. The molecule has 2 aromatic carbocycles. The number of rotatable bonds is 6. The number of ether oxygens (including phenoxy) is 1. The van der Waals surface area contributed by atoms with Crippen LogP contribution in [-0.2, 0) is 4.79 Å². The fourth-order valence-electron chi connectivity index (χ4n) is 9.05. The molecule has 10 nitrogen and oxygen atoms in total. The number of carbonyl (C=O) groups is 1. The van der Waals surface area contributed by atoms with Gasteiger partial charge in [-0.3, -0.25) is 9.69 Å². The predicted molar refractivity (Wildman–Crippen MR) is 190 cm³/mol. The second kappa shape index (κ2) is 12.1. The first-order valence-electron chi connectivity index (χ1n) is 17.5. The zero-order valence-corrected chi connectivity index (χ0v) is 29.4. The monoisotopic (exact) mass is 736 g/mol. The van der Waals surface area contributed by atoms with E-state index in [0.29, 0.717) is 56.9 Å². The first kappa shape index (κ1) is 33.0. The second-order valence-electron chi connectivity index (χ2n) is 14.9. The number of nitrogens with zero attached hydrogens (tertiary/aromatic N) is 6. The van der Waals surface area contributed by atoms with Crippen LogP contribution in [0, 0.1) is 28.4 Å². The third-order valence-electron chi connectivity index (χ3n) is 11.6. The highest BCUT2D eigenvalue weighted by atomic mass is 35.5. The van der Waals surface area contributed by atoms with Gasteiger partial charge in [-0.25, -0.2) is 13.2 Å². The number of alkyl halides is 1. The van der Waals surface area contributed by atoms with Crippen molar-refractivity contribution in [2.75, 3.05) is 63.1 Å². The van der Waals surface area contributed by atoms with Crippen LogP contribution in [0.15, 0.2) is 18.2 Å². The Bertz CT molecular complexity index is 2150. The van der Waals surface area contributed by atoms with Gasteiger partial charge in [0.25, 0.3) is 0 Å². The smallest absolute Gasteiger partial charge is 0.319 e. The number of thiophene rings is 1. The summed E-state index contributed by atoms with van der Waals surface area (Å²) in [6.45, 7) is 4.55. The first-order valence-corrected chi connectivity index (χ1v) is 18.7. The average Bonchev–Trinajstić information content (AvgIpc) is 3.75. The molecule has 0 radical (unpaired) electrons. The van der Waals surface area contributed by atoms with Crippen molar-refractivity contribution in [1.29, 1.82) is 5.26 Å². The van der Waals surface area contributed by atoms with E-state index in [-0.39, 0.29) is 72.3 Å². The number of nitrogens with two attached hydrogens (primary N) is 1. The highest BCUT2D eigenvalue weighted by Crippen LogP contribution is 2.47. The minimum absolute atomic E-state index is 0.0292. The van der Waals surface area contributed by atoms with Gasteiger partial charge in [0.15, 0.2) is 5.82 Å². The van der Waals surface area contributed by atoms with Crippen molar-refractivity contribution in [2.24, 2.45) is 5.41 Å². The molecule has 5 aliphatic rings. The number of fused-ring (bicyclic) bond motifs is 3. The van der Waals surface area contributed by atoms with Crippen LogP contribution in [0.3, 0.4) is 0 Å². The molecule has 5 saturated heterocycles. The Morgan fingerprint density at radius 3 is 2.78 bits per heavy atom. The molecule has 1 amide bonds. The summed E-state index contributed by atoms with van der Waals surface area (Å²) in [6, 6.07) is 6.17. The third-order valence-corrected chi connectivity index (χ3v) is 12.9. The molecule has 9 rings (SSSR count). The number of nitrogens with one attached hydrogen (secondary N) is 1. The molecule has 3 atom stereocenters. The molecule has 0 unspecified atom stereocenters. The maximum Gasteiger partial charge on any atom is 0.319 e. The van der Waals surface area contributed by atoms with Crippen molar-refractivity contribution in [2.45, 2.75) is 56.3 Å². The minimum atomic E-state index is -0.945. The highest BCUT2D eigenvalue weighted by Gasteiger charge is 2.51. The van der Waals surface area contributed by atoms with E-state index >= 15 is 4.39 Å². The molecule has 0 aliphatic carbocycles. The molecule has 5 fully saturated rings. The van der Waals surface area contributed by atoms with Gasteiger partial charge in [0.2, 0.25) is 5.91 Å². The zero-order valence-electron chi connectivity index (χ0n) is 27.8. The summed E-state index contributed by atoms with van der Waals surface area (Å²) in [5.74, 6) is -0.743. The SMILES string of the molecule is N#Cc1c(N)sc2c(F)ccc(-c3c(Cl)cc4c(N5CCCCC6(CN(C(=O)[C@@H]7CN7)C6)C5)nc(OC[C@@]56CCCN5C[C@H](F)C6)nc4c3F)c12. The molecule has 5 aliphatic heterocycles. The molecule has 4 aromatic rings. The number of hydrogen-bond acceptors (Lipinski definition) is 10. The molecule has 0 saturated carbocycles. The molecular formula is C36H36ClF3N8O2S. The van der Waals surface area contributed by atoms with Gasteiger partial charge in [0, 0.05) is 67.4 Å². The van der Waals surface area contributed by atoms with Gasteiger partial charge in [0.1, 0.15) is 41.0 Å². The first-order chi connectivity index (χ1) is 24.6. The van der Waals surface area contributed by atoms with Crippen LogP contribution >= 0.6 is 22.9 Å². The molecular weight excluding hydrogens is 701 g/mol. The minimum Gasteiger partial charge on any atom is -0.461 e. The predicted octanol–water partition coefficient (Wildman–Crippen LogP) is 5.64. The Hall–Kier alpha value is -3.90. The van der Waals surface area contributed by atoms with E-state index in [9.17, 15) is 18.8 Å². The standard InChI is InChI=1S/C36H36ClF3N8O2S/c37-23-10-21-29(28(40)27(23)20-4-5-24(39)30-26(20)22(12-41)31(42)51-30)44-34(50-18-36-7-3-9-48(36)14-19(38)11-36)45-32(21)46-8-2-1-6-35(15-46)16-47(17-35)33(49)25-13-43-25/h4-5,10,19,25,43H,1-3,6-9,11,13-18,42H2/t19-,25+,36+/m1/s1. The number of amides is 1. The number of hydrogen-bond donors (Lipinski definition) is 2. The van der Waals surface area contributed by atoms with E-state index in [1.807, 2.05) is 11.0 Å². The second-order valence-corrected chi connectivity index (χ2v) is 16.4. The van der Waals surface area contributed by atoms with Crippen molar-refractivity contribution >= 4 is 60.7 Å². The van der Waals surface area contributed by atoms with E-state index in [0.717, 1.165) is 50.0 Å². The maximum atomic E-state index is 17.2. The van der Waals surface area contributed by atoms with E-state index in [4.69, 9.17) is 27.1 Å². The fourth-order valence-corrected chi connectivity index (χ4v) is 10.3. The van der Waals surface area contributed by atoms with Gasteiger partial charge >= 0.3 is 6.01 Å². The lowest BCUT2D eigenvalue weighted by Crippen LogP contribution is -2.63. The van der Waals surface area contributed by atoms with E-state index in [1.165, 1.54) is 12.1 Å². The number of halogens is 4. The number of benzene rings is 2. The fraction of sp³-hybridized carbons (Fsp3) is 0.500. The van der Waals surface area contributed by atoms with E-state index in [1.54, 1.807) is 6.07 Å². The Labute approximate surface area is 301 Å². The summed E-state index contributed by atoms with van der Waals surface area (Å²) in [4.78, 5) is 28.5. The molecule has 51 heavy (non-hydrogen) atoms. The normalized spacial score (nSPS) is 25.6. The van der Waals surface area contributed by atoms with Gasteiger partial charge < -0.3 is 25.6 Å². The van der Waals surface area contributed by atoms with Gasteiger partial charge in [-0.1, -0.05) is 24.1 Å². The molecule has 266 valence electrons. The molecule has 15 heteroatoms. The summed E-state index contributed by atoms with van der Waals surface area (Å²) in [7, 11) is 0. The number of anilines is 2. The van der Waals surface area contributed by atoms with Crippen molar-refractivity contribution in [1.82, 2.24) is 25.1 Å². The third kappa shape index (κ3) is 5.38. The van der Waals surface area contributed by atoms with Crippen LogP contribution in [0.2, 0.25) is 5.02 Å². The number of carbonyl (C=O) groups excluding carboxylic acids is 1. The number of nitrogen functional groups attached to an aromatic ring is 1. The molecule has 3 N–H and O–H groups in total. The van der Waals surface area contributed by atoms with Crippen LogP contribution < -0.4 is 20.7 Å². The van der Waals surface area contributed by atoms with Crippen molar-refractivity contribution < 1.29 is 22.7 Å². The topological polar surface area (TPSA) is 134 Å². The van der Waals surface area contributed by atoms with E-state index < -0.39 is 23.3 Å². The Kier molecular flexibility index (Phi) is 7.81. The quantitative estimate of drug-likeness (QED) is 0.241. The highest BCUT2D eigenvalue weighted by molar-refractivity contribution is 7.23. The summed E-state index contributed by atoms with van der Waals surface area (Å²) in [6.07, 6.45) is 3.92. The van der Waals surface area contributed by atoms with Gasteiger partial charge in [-0.2, -0.15) is 15.2 Å². The number of aromatic nitrogens is 2. The molecule has 1 spiro atoms. The Morgan fingerprint density at radius 2 is 2.00 bits per heavy atom. The number of nitriles is 1. The largest absolute Gasteiger partial charge is 0.461 e. The molecule has 7 heterocycles. The average molecular weight is 737 g/mol. The van der Waals surface area contributed by atoms with Crippen molar-refractivity contribution in [3.8, 4) is 23.2 Å². The zero-order chi connectivity index (χ0) is 35.2. The Morgan fingerprint density at radius 1 is 1.18 bits per heavy atom. The van der Waals surface area contributed by atoms with Crippen LogP contribution in [0.4, 0.5) is 24.0 Å². The van der Waals surface area contributed by atoms with Crippen LogP contribution in [0.1, 0.15) is 44.1 Å². The summed E-state index contributed by atoms with van der Waals surface area (Å²) < 4.78 is 53.2. The maximum absolute atomic E-state index is 17.2. The van der Waals surface area contributed by atoms with Gasteiger partial charge in [0.05, 0.1) is 26.9 Å². The van der Waals surface area contributed by atoms with Crippen molar-refractivity contribution in [3.63, 3.8) is 0 Å². The lowest BCUT2D eigenvalue weighted by atomic mass is 9.75. The van der Waals surface area contributed by atoms with Crippen molar-refractivity contribution in [3.05, 3.63) is 40.4 Å².